The number of rotatable bonds is 17. The standard InChI is InChI=1S/C36H59N5O8/c1-34(2,3)47-31(44)38-21-16-25-40(33(46)49-36(7,8)9)23-13-12-22-39(32(45)48-35(4,5)6)24-14-19-37-20-15-26-41-29(42)27-17-10-11-18-28(27)30(41)43/h10-11,17-18,37H,12-16,19-26H2,1-9H3,(H,38,44). The molecule has 13 nitrogen and oxygen atoms in total. The fraction of sp³-hybridized carbons (Fsp3) is 0.694. The van der Waals surface area contributed by atoms with Crippen LogP contribution in [0.5, 0.6) is 0 Å². The van der Waals surface area contributed by atoms with Crippen molar-refractivity contribution in [2.75, 3.05) is 52.4 Å². The van der Waals surface area contributed by atoms with Gasteiger partial charge in [0.2, 0.25) is 0 Å². The highest BCUT2D eigenvalue weighted by Gasteiger charge is 2.34. The third-order valence-electron chi connectivity index (χ3n) is 7.08. The second-order valence-corrected chi connectivity index (χ2v) is 15.2. The third kappa shape index (κ3) is 15.9. The molecule has 2 N–H and O–H groups in total. The minimum absolute atomic E-state index is 0.252. The minimum Gasteiger partial charge on any atom is -0.444 e. The number of ether oxygens (including phenoxy) is 3. The van der Waals surface area contributed by atoms with Crippen LogP contribution in [0.2, 0.25) is 0 Å². The molecule has 0 saturated heterocycles. The van der Waals surface area contributed by atoms with Gasteiger partial charge in [0.15, 0.2) is 0 Å². The van der Waals surface area contributed by atoms with Gasteiger partial charge in [-0.3, -0.25) is 14.5 Å². The zero-order valence-electron chi connectivity index (χ0n) is 31.1. The van der Waals surface area contributed by atoms with Gasteiger partial charge >= 0.3 is 18.3 Å². The Balaban J connectivity index is 1.81. The van der Waals surface area contributed by atoms with Gasteiger partial charge in [-0.25, -0.2) is 14.4 Å². The van der Waals surface area contributed by atoms with Crippen molar-refractivity contribution in [2.24, 2.45) is 0 Å². The molecule has 1 aromatic carbocycles. The van der Waals surface area contributed by atoms with Crippen LogP contribution < -0.4 is 10.6 Å². The molecule has 0 bridgehead atoms. The summed E-state index contributed by atoms with van der Waals surface area (Å²) in [5.41, 5.74) is -0.983. The zero-order chi connectivity index (χ0) is 36.8. The fourth-order valence-corrected chi connectivity index (χ4v) is 4.95. The Morgan fingerprint density at radius 2 is 1.02 bits per heavy atom. The van der Waals surface area contributed by atoms with Gasteiger partial charge in [-0.05, 0) is 120 Å². The first-order chi connectivity index (χ1) is 22.8. The molecular weight excluding hydrogens is 630 g/mol. The maximum atomic E-state index is 13.0. The van der Waals surface area contributed by atoms with Gasteiger partial charge in [0, 0.05) is 39.3 Å². The number of unbranched alkanes of at least 4 members (excludes halogenated alkanes) is 1. The first-order valence-corrected chi connectivity index (χ1v) is 17.4. The van der Waals surface area contributed by atoms with Crippen molar-refractivity contribution in [1.29, 1.82) is 0 Å². The van der Waals surface area contributed by atoms with E-state index < -0.39 is 35.1 Å². The summed E-state index contributed by atoms with van der Waals surface area (Å²) in [6.07, 6.45) is 1.77. The second kappa shape index (κ2) is 18.8. The highest BCUT2D eigenvalue weighted by Crippen LogP contribution is 2.22. The molecule has 5 amide bonds. The number of hydrogen-bond acceptors (Lipinski definition) is 9. The van der Waals surface area contributed by atoms with E-state index in [1.54, 1.807) is 54.8 Å². The molecule has 0 aliphatic carbocycles. The topological polar surface area (TPSA) is 147 Å². The summed E-state index contributed by atoms with van der Waals surface area (Å²) in [7, 11) is 0. The average Bonchev–Trinajstić information content (AvgIpc) is 3.20. The number of imide groups is 1. The summed E-state index contributed by atoms with van der Waals surface area (Å²) in [5, 5.41) is 6.06. The highest BCUT2D eigenvalue weighted by molar-refractivity contribution is 6.21. The summed E-state index contributed by atoms with van der Waals surface area (Å²) in [6.45, 7) is 20.0. The van der Waals surface area contributed by atoms with Crippen molar-refractivity contribution in [1.82, 2.24) is 25.3 Å². The molecule has 1 aliphatic rings. The van der Waals surface area contributed by atoms with Crippen molar-refractivity contribution in [3.05, 3.63) is 35.4 Å². The number of benzene rings is 1. The Morgan fingerprint density at radius 1 is 0.612 bits per heavy atom. The van der Waals surface area contributed by atoms with E-state index >= 15 is 0 Å². The molecule has 0 fully saturated rings. The van der Waals surface area contributed by atoms with E-state index in [2.05, 4.69) is 10.6 Å². The molecule has 0 aromatic heterocycles. The van der Waals surface area contributed by atoms with Crippen molar-refractivity contribution in [3.63, 3.8) is 0 Å². The van der Waals surface area contributed by atoms with E-state index in [0.717, 1.165) is 0 Å². The van der Waals surface area contributed by atoms with E-state index in [-0.39, 0.29) is 11.8 Å². The lowest BCUT2D eigenvalue weighted by Crippen LogP contribution is -2.40. The monoisotopic (exact) mass is 689 g/mol. The molecule has 1 heterocycles. The Morgan fingerprint density at radius 3 is 1.47 bits per heavy atom. The average molecular weight is 690 g/mol. The summed E-state index contributed by atoms with van der Waals surface area (Å²) in [6, 6.07) is 6.86. The van der Waals surface area contributed by atoms with Gasteiger partial charge in [-0.1, -0.05) is 12.1 Å². The Bertz CT molecular complexity index is 1230. The maximum Gasteiger partial charge on any atom is 0.410 e. The summed E-state index contributed by atoms with van der Waals surface area (Å²) < 4.78 is 16.5. The Hall–Kier alpha value is -3.87. The van der Waals surface area contributed by atoms with Gasteiger partial charge in [0.25, 0.3) is 11.8 Å². The van der Waals surface area contributed by atoms with Crippen molar-refractivity contribution < 1.29 is 38.2 Å². The van der Waals surface area contributed by atoms with Gasteiger partial charge in [0.05, 0.1) is 11.1 Å². The summed E-state index contributed by atoms with van der Waals surface area (Å²) >= 11 is 0. The van der Waals surface area contributed by atoms with Gasteiger partial charge < -0.3 is 34.6 Å². The maximum absolute atomic E-state index is 13.0. The van der Waals surface area contributed by atoms with Gasteiger partial charge in [-0.2, -0.15) is 0 Å². The van der Waals surface area contributed by atoms with Crippen molar-refractivity contribution in [2.45, 2.75) is 111 Å². The quantitative estimate of drug-likeness (QED) is 0.117. The predicted octanol–water partition coefficient (Wildman–Crippen LogP) is 5.82. The molecule has 0 atom stereocenters. The van der Waals surface area contributed by atoms with Crippen LogP contribution in [0.3, 0.4) is 0 Å². The van der Waals surface area contributed by atoms with E-state index in [9.17, 15) is 24.0 Å². The number of hydrogen-bond donors (Lipinski definition) is 2. The SMILES string of the molecule is CC(C)(C)OC(=O)NCCCN(CCCCN(CCCNCCCN1C(=O)c2ccccc2C1=O)C(=O)OC(C)(C)C)C(=O)OC(C)(C)C. The first kappa shape index (κ1) is 41.3. The Kier molecular flexibility index (Phi) is 15.8. The van der Waals surface area contributed by atoms with Crippen LogP contribution >= 0.6 is 0 Å². The van der Waals surface area contributed by atoms with Crippen molar-refractivity contribution >= 4 is 30.1 Å². The van der Waals surface area contributed by atoms with E-state index in [0.29, 0.717) is 95.6 Å². The van der Waals surface area contributed by atoms with Gasteiger partial charge in [-0.15, -0.1) is 0 Å². The molecule has 1 aromatic rings. The van der Waals surface area contributed by atoms with Crippen LogP contribution in [0.1, 0.15) is 115 Å². The van der Waals surface area contributed by atoms with Crippen LogP contribution in [0.15, 0.2) is 24.3 Å². The lowest BCUT2D eigenvalue weighted by molar-refractivity contribution is 0.0207. The smallest absolute Gasteiger partial charge is 0.410 e. The van der Waals surface area contributed by atoms with Crippen LogP contribution in [0.25, 0.3) is 0 Å². The van der Waals surface area contributed by atoms with Crippen LogP contribution in [0, 0.1) is 0 Å². The van der Waals surface area contributed by atoms with Crippen LogP contribution in [0.4, 0.5) is 14.4 Å². The number of nitrogens with one attached hydrogen (secondary N) is 2. The van der Waals surface area contributed by atoms with Crippen LogP contribution in [-0.4, -0.2) is 114 Å². The molecule has 1 aliphatic heterocycles. The third-order valence-corrected chi connectivity index (χ3v) is 7.08. The first-order valence-electron chi connectivity index (χ1n) is 17.4. The normalized spacial score (nSPS) is 13.2. The number of fused-ring (bicyclic) bond motifs is 1. The molecule has 0 saturated carbocycles. The molecular formula is C36H59N5O8. The number of carbonyl (C=O) groups is 5. The number of nitrogens with zero attached hydrogens (tertiary/aromatic N) is 3. The molecule has 276 valence electrons. The van der Waals surface area contributed by atoms with Crippen LogP contribution in [-0.2, 0) is 14.2 Å². The van der Waals surface area contributed by atoms with E-state index in [4.69, 9.17) is 14.2 Å². The minimum atomic E-state index is -0.652. The highest BCUT2D eigenvalue weighted by atomic mass is 16.6. The summed E-state index contributed by atoms with van der Waals surface area (Å²) in [5.74, 6) is -0.504. The van der Waals surface area contributed by atoms with E-state index in [1.807, 2.05) is 41.5 Å². The number of carbonyl (C=O) groups excluding carboxylic acids is 5. The molecule has 0 unspecified atom stereocenters. The lowest BCUT2D eigenvalue weighted by Gasteiger charge is -2.29. The van der Waals surface area contributed by atoms with Crippen molar-refractivity contribution in [3.8, 4) is 0 Å². The second-order valence-electron chi connectivity index (χ2n) is 15.2. The molecule has 13 heteroatoms. The number of amides is 5. The molecule has 2 rings (SSSR count). The molecule has 0 radical (unpaired) electrons. The summed E-state index contributed by atoms with van der Waals surface area (Å²) in [4.78, 5) is 67.7. The lowest BCUT2D eigenvalue weighted by atomic mass is 10.1. The number of alkyl carbamates (subject to hydrolysis) is 1. The predicted molar refractivity (Wildman–Crippen MR) is 188 cm³/mol. The molecule has 0 spiro atoms. The molecule has 49 heavy (non-hydrogen) atoms. The fourth-order valence-electron chi connectivity index (χ4n) is 4.95. The van der Waals surface area contributed by atoms with E-state index in [1.165, 1.54) is 4.90 Å². The Labute approximate surface area is 292 Å². The largest absolute Gasteiger partial charge is 0.444 e. The van der Waals surface area contributed by atoms with Gasteiger partial charge in [0.1, 0.15) is 16.8 Å². The zero-order valence-corrected chi connectivity index (χ0v) is 31.1.